The van der Waals surface area contributed by atoms with E-state index in [9.17, 15) is 43.8 Å². The Kier molecular flexibility index (Phi) is 13.9. The van der Waals surface area contributed by atoms with Gasteiger partial charge in [0.25, 0.3) is 11.8 Å². The number of carbonyl (C=O) groups is 7. The van der Waals surface area contributed by atoms with Crippen LogP contribution in [0.25, 0.3) is 11.2 Å². The fourth-order valence-corrected chi connectivity index (χ4v) is 7.09. The van der Waals surface area contributed by atoms with Gasteiger partial charge in [-0.15, -0.1) is 0 Å². The zero-order valence-electron chi connectivity index (χ0n) is 33.9. The molecule has 2 fully saturated rings. The van der Waals surface area contributed by atoms with E-state index in [0.717, 1.165) is 17.1 Å². The van der Waals surface area contributed by atoms with E-state index in [1.165, 1.54) is 24.5 Å². The molecule has 7 amide bonds. The summed E-state index contributed by atoms with van der Waals surface area (Å²) in [6.45, 7) is 6.53. The molecule has 1 aromatic carbocycles. The number of aliphatic hydroxyl groups excluding tert-OH is 2. The summed E-state index contributed by atoms with van der Waals surface area (Å²) in [6.07, 6.45) is 0.190. The van der Waals surface area contributed by atoms with E-state index in [4.69, 9.17) is 9.47 Å². The second-order valence-corrected chi connectivity index (χ2v) is 15.3. The molecule has 0 unspecified atom stereocenters. The normalized spacial score (nSPS) is 23.5. The van der Waals surface area contributed by atoms with Crippen molar-refractivity contribution >= 4 is 64.2 Å². The number of aliphatic hydroxyl groups is 2. The first kappa shape index (κ1) is 44.0. The number of hydrogen-bond donors (Lipinski definition) is 8. The summed E-state index contributed by atoms with van der Waals surface area (Å²) in [5, 5.41) is 35.6. The number of rotatable bonds is 15. The SMILES string of the molecule is CC(C)[C@H](NC(=O)CCN1C(=O)C=CC1=O)C(=O)N[C@@H](C)C(=O)Nc1ccc(COC(=O)N2CCC[C@H]2C(=O)N[C@@H]2[C@@H](O)[C@H](O)[C@@H](Nc3ncnc4nc[nH]c34)O[C@H]2C)cc1. The topological polar surface area (TPSA) is 300 Å². The van der Waals surface area contributed by atoms with Gasteiger partial charge in [0.2, 0.25) is 23.6 Å². The van der Waals surface area contributed by atoms with Crippen LogP contribution in [0.2, 0.25) is 0 Å². The van der Waals surface area contributed by atoms with Crippen molar-refractivity contribution < 1.29 is 53.2 Å². The molecular weight excluding hydrogens is 798 g/mol. The summed E-state index contributed by atoms with van der Waals surface area (Å²) in [7, 11) is 0. The molecule has 6 rings (SSSR count). The number of anilines is 2. The van der Waals surface area contributed by atoms with Crippen molar-refractivity contribution in [2.24, 2.45) is 5.92 Å². The third-order valence-corrected chi connectivity index (χ3v) is 10.6. The first-order valence-electron chi connectivity index (χ1n) is 19.8. The van der Waals surface area contributed by atoms with Crippen LogP contribution in [0.5, 0.6) is 0 Å². The highest BCUT2D eigenvalue weighted by atomic mass is 16.6. The Morgan fingerprint density at radius 1 is 0.967 bits per heavy atom. The van der Waals surface area contributed by atoms with Gasteiger partial charge >= 0.3 is 6.09 Å². The lowest BCUT2D eigenvalue weighted by molar-refractivity contribution is -0.173. The molecule has 0 spiro atoms. The Morgan fingerprint density at radius 2 is 1.69 bits per heavy atom. The highest BCUT2D eigenvalue weighted by Crippen LogP contribution is 2.26. The lowest BCUT2D eigenvalue weighted by atomic mass is 9.95. The van der Waals surface area contributed by atoms with Crippen molar-refractivity contribution in [3.05, 3.63) is 54.6 Å². The Balaban J connectivity index is 0.937. The molecule has 0 saturated carbocycles. The van der Waals surface area contributed by atoms with Crippen LogP contribution in [0, 0.1) is 5.92 Å². The molecule has 0 radical (unpaired) electrons. The molecule has 5 heterocycles. The van der Waals surface area contributed by atoms with Crippen molar-refractivity contribution in [2.45, 2.75) is 102 Å². The summed E-state index contributed by atoms with van der Waals surface area (Å²) in [6, 6.07) is 2.56. The fourth-order valence-electron chi connectivity index (χ4n) is 7.09. The van der Waals surface area contributed by atoms with E-state index < -0.39 is 90.2 Å². The molecule has 3 aliphatic rings. The van der Waals surface area contributed by atoms with Crippen LogP contribution in [-0.2, 0) is 44.8 Å². The third kappa shape index (κ3) is 10.4. The minimum Gasteiger partial charge on any atom is -0.445 e. The van der Waals surface area contributed by atoms with Gasteiger partial charge in [-0.25, -0.2) is 19.7 Å². The van der Waals surface area contributed by atoms with Crippen LogP contribution in [0.3, 0.4) is 0 Å². The number of nitrogens with one attached hydrogen (secondary N) is 6. The van der Waals surface area contributed by atoms with E-state index in [1.54, 1.807) is 45.0 Å². The number of nitrogens with zero attached hydrogens (tertiary/aromatic N) is 5. The van der Waals surface area contributed by atoms with Crippen molar-refractivity contribution in [2.75, 3.05) is 23.7 Å². The fraction of sp³-hybridized carbons (Fsp3) is 0.487. The maximum atomic E-state index is 13.5. The van der Waals surface area contributed by atoms with E-state index in [0.29, 0.717) is 41.1 Å². The van der Waals surface area contributed by atoms with E-state index >= 15 is 0 Å². The van der Waals surface area contributed by atoms with Gasteiger partial charge in [-0.05, 0) is 50.3 Å². The predicted molar refractivity (Wildman–Crippen MR) is 213 cm³/mol. The number of H-pyrrole nitrogens is 1. The molecule has 22 nitrogen and oxygen atoms in total. The molecule has 0 aliphatic carbocycles. The van der Waals surface area contributed by atoms with Gasteiger partial charge in [-0.1, -0.05) is 26.0 Å². The monoisotopic (exact) mass is 847 g/mol. The number of likely N-dealkylation sites (tertiary alicyclic amines) is 1. The number of ether oxygens (including phenoxy) is 2. The number of imide groups is 1. The molecule has 61 heavy (non-hydrogen) atoms. The molecule has 22 heteroatoms. The van der Waals surface area contributed by atoms with E-state index in [1.807, 2.05) is 0 Å². The van der Waals surface area contributed by atoms with Crippen LogP contribution in [-0.4, -0.2) is 143 Å². The average Bonchev–Trinajstić information content (AvgIpc) is 4.00. The predicted octanol–water partition coefficient (Wildman–Crippen LogP) is -0.583. The second-order valence-electron chi connectivity index (χ2n) is 15.3. The number of fused-ring (bicyclic) bond motifs is 1. The van der Waals surface area contributed by atoms with Crippen molar-refractivity contribution in [3.8, 4) is 0 Å². The largest absolute Gasteiger partial charge is 0.445 e. The summed E-state index contributed by atoms with van der Waals surface area (Å²) in [4.78, 5) is 106. The summed E-state index contributed by atoms with van der Waals surface area (Å²) >= 11 is 0. The molecule has 8 atom stereocenters. The van der Waals surface area contributed by atoms with Gasteiger partial charge in [0, 0.05) is 37.3 Å². The second kappa shape index (κ2) is 19.2. The minimum atomic E-state index is -1.47. The van der Waals surface area contributed by atoms with Crippen LogP contribution >= 0.6 is 0 Å². The lowest BCUT2D eigenvalue weighted by Gasteiger charge is -2.42. The number of hydrogen-bond acceptors (Lipinski definition) is 15. The molecule has 8 N–H and O–H groups in total. The van der Waals surface area contributed by atoms with Gasteiger partial charge in [0.1, 0.15) is 48.8 Å². The van der Waals surface area contributed by atoms with Crippen LogP contribution in [0.1, 0.15) is 52.5 Å². The zero-order chi connectivity index (χ0) is 44.0. The maximum absolute atomic E-state index is 13.5. The Bertz CT molecular complexity index is 2150. The van der Waals surface area contributed by atoms with Crippen molar-refractivity contribution in [3.63, 3.8) is 0 Å². The number of carbonyl (C=O) groups excluding carboxylic acids is 7. The third-order valence-electron chi connectivity index (χ3n) is 10.6. The van der Waals surface area contributed by atoms with Crippen LogP contribution in [0.15, 0.2) is 49.1 Å². The number of aromatic amines is 1. The average molecular weight is 848 g/mol. The van der Waals surface area contributed by atoms with E-state index in [-0.39, 0.29) is 32.0 Å². The molecule has 0 bridgehead atoms. The van der Waals surface area contributed by atoms with Gasteiger partial charge in [0.15, 0.2) is 17.7 Å². The van der Waals surface area contributed by atoms with Gasteiger partial charge in [-0.3, -0.25) is 38.6 Å². The Hall–Kier alpha value is -6.52. The van der Waals surface area contributed by atoms with Crippen LogP contribution in [0.4, 0.5) is 16.3 Å². The maximum Gasteiger partial charge on any atom is 0.410 e. The quantitative estimate of drug-likeness (QED) is 0.0888. The molecule has 3 aromatic rings. The molecule has 326 valence electrons. The highest BCUT2D eigenvalue weighted by molar-refractivity contribution is 6.13. The highest BCUT2D eigenvalue weighted by Gasteiger charge is 2.45. The van der Waals surface area contributed by atoms with Gasteiger partial charge in [-0.2, -0.15) is 0 Å². The zero-order valence-corrected chi connectivity index (χ0v) is 33.9. The van der Waals surface area contributed by atoms with Gasteiger partial charge in [0.05, 0.1) is 18.5 Å². The number of amides is 7. The van der Waals surface area contributed by atoms with Gasteiger partial charge < -0.3 is 51.3 Å². The van der Waals surface area contributed by atoms with Crippen LogP contribution < -0.4 is 26.6 Å². The first-order chi connectivity index (χ1) is 29.1. The Labute approximate surface area is 349 Å². The minimum absolute atomic E-state index is 0.138. The van der Waals surface area contributed by atoms with Crippen molar-refractivity contribution in [1.29, 1.82) is 0 Å². The standard InChI is InChI=1S/C39H49N11O11/c1-19(2)28(46-25(51)13-15-50-26(52)11-12-27(50)53)37(58)44-20(3)35(56)45-23-9-7-22(8-10-23)16-60-39(59)49-14-5-6-24(49)36(57)47-29-21(4)61-38(32(55)31(29)54)48-34-30-33(41-17-40-30)42-18-43-34/h7-12,17-21,24,28-29,31-32,38,54-55H,5-6,13-16H2,1-4H3,(H,44,58)(H,45,56)(H,46,51)(H,47,57)(H2,40,41,42,43,48)/t20-,21-,24-,28-,29-,31+,32-,38-/m0/s1. The summed E-state index contributed by atoms with van der Waals surface area (Å²) < 4.78 is 11.5. The molecule has 3 aliphatic heterocycles. The number of aromatic nitrogens is 4. The summed E-state index contributed by atoms with van der Waals surface area (Å²) in [5.41, 5.74) is 1.85. The first-order valence-corrected chi connectivity index (χ1v) is 19.8. The summed E-state index contributed by atoms with van der Waals surface area (Å²) in [5.74, 6) is -3.29. The Morgan fingerprint density at radius 3 is 2.39 bits per heavy atom. The lowest BCUT2D eigenvalue weighted by Crippen LogP contribution is -2.65. The molecular formula is C39H49N11O11. The van der Waals surface area contributed by atoms with E-state index in [2.05, 4.69) is 46.5 Å². The van der Waals surface area contributed by atoms with Crippen molar-refractivity contribution in [1.82, 2.24) is 45.7 Å². The smallest absolute Gasteiger partial charge is 0.410 e. The number of benzene rings is 1. The molecule has 2 saturated heterocycles. The molecule has 2 aromatic heterocycles. The number of imidazole rings is 1.